The minimum absolute atomic E-state index is 0.0203. The number of sulfone groups is 1. The van der Waals surface area contributed by atoms with Gasteiger partial charge in [-0.3, -0.25) is 9.59 Å². The van der Waals surface area contributed by atoms with Gasteiger partial charge in [-0.1, -0.05) is 13.0 Å². The van der Waals surface area contributed by atoms with Gasteiger partial charge in [0.25, 0.3) is 12.3 Å². The number of halogens is 4. The van der Waals surface area contributed by atoms with E-state index in [0.717, 1.165) is 12.5 Å². The fraction of sp³-hybridized carbons (Fsp3) is 0.462. The first-order chi connectivity index (χ1) is 17.5. The number of nitrogens with one attached hydrogen (secondary N) is 1. The Kier molecular flexibility index (Phi) is 6.54. The topological polar surface area (TPSA) is 83.6 Å². The molecule has 3 fully saturated rings. The first-order valence-electron chi connectivity index (χ1n) is 12.2. The van der Waals surface area contributed by atoms with Crippen molar-refractivity contribution in [2.45, 2.75) is 62.1 Å². The van der Waals surface area contributed by atoms with Gasteiger partial charge >= 0.3 is 0 Å². The lowest BCUT2D eigenvalue weighted by Gasteiger charge is -2.29. The van der Waals surface area contributed by atoms with Crippen molar-refractivity contribution in [1.82, 2.24) is 10.2 Å². The molecule has 2 aromatic rings. The molecule has 1 aliphatic heterocycles. The normalized spacial score (nSPS) is 23.6. The summed E-state index contributed by atoms with van der Waals surface area (Å²) in [5.41, 5.74) is -1.09. The average molecular weight is 539 g/mol. The molecule has 198 valence electrons. The highest BCUT2D eigenvalue weighted by Gasteiger charge is 2.56. The second-order valence-electron chi connectivity index (χ2n) is 9.98. The summed E-state index contributed by atoms with van der Waals surface area (Å²) in [5.74, 6) is -3.45. The first kappa shape index (κ1) is 25.7. The number of rotatable bonds is 8. The van der Waals surface area contributed by atoms with E-state index in [9.17, 15) is 35.6 Å². The Labute approximate surface area is 212 Å². The van der Waals surface area contributed by atoms with E-state index in [2.05, 4.69) is 5.32 Å². The van der Waals surface area contributed by atoms with Crippen LogP contribution in [-0.2, 0) is 14.6 Å². The van der Waals surface area contributed by atoms with Crippen LogP contribution >= 0.6 is 0 Å². The molecule has 37 heavy (non-hydrogen) atoms. The zero-order valence-electron chi connectivity index (χ0n) is 20.0. The lowest BCUT2D eigenvalue weighted by atomic mass is 9.98. The summed E-state index contributed by atoms with van der Waals surface area (Å²) in [6.07, 6.45) is -0.746. The van der Waals surface area contributed by atoms with Crippen molar-refractivity contribution in [1.29, 1.82) is 0 Å². The first-order valence-corrected chi connectivity index (χ1v) is 13.9. The molecule has 2 aliphatic carbocycles. The highest BCUT2D eigenvalue weighted by atomic mass is 32.2. The second-order valence-corrected chi connectivity index (χ2v) is 12.3. The number of likely N-dealkylation sites (tertiary alicyclic amines) is 1. The van der Waals surface area contributed by atoms with Crippen LogP contribution in [0, 0.1) is 23.5 Å². The summed E-state index contributed by atoms with van der Waals surface area (Å²) < 4.78 is 79.6. The maximum Gasteiger partial charge on any atom is 0.266 e. The summed E-state index contributed by atoms with van der Waals surface area (Å²) in [6, 6.07) is 4.94. The molecule has 1 N–H and O–H groups in total. The number of nitrogens with zero attached hydrogens (tertiary/aromatic N) is 1. The van der Waals surface area contributed by atoms with Crippen LogP contribution in [0.1, 0.15) is 66.6 Å². The molecule has 2 amide bonds. The molecule has 6 nitrogen and oxygen atoms in total. The molecule has 5 rings (SSSR count). The summed E-state index contributed by atoms with van der Waals surface area (Å²) >= 11 is 0. The fourth-order valence-electron chi connectivity index (χ4n) is 5.23. The molecular weight excluding hydrogens is 512 g/mol. The average Bonchev–Trinajstić information content (AvgIpc) is 3.81. The molecule has 1 saturated heterocycles. The third kappa shape index (κ3) is 4.85. The largest absolute Gasteiger partial charge is 0.347 e. The molecular formula is C26H26F4N2O4S. The van der Waals surface area contributed by atoms with Gasteiger partial charge < -0.3 is 10.2 Å². The van der Waals surface area contributed by atoms with Gasteiger partial charge in [0, 0.05) is 17.2 Å². The van der Waals surface area contributed by atoms with Gasteiger partial charge in [0.05, 0.1) is 22.3 Å². The van der Waals surface area contributed by atoms with Crippen molar-refractivity contribution in [2.24, 2.45) is 11.8 Å². The highest BCUT2D eigenvalue weighted by molar-refractivity contribution is 7.91. The van der Waals surface area contributed by atoms with Crippen molar-refractivity contribution in [3.63, 3.8) is 0 Å². The Bertz CT molecular complexity index is 1360. The number of carbonyl (C=O) groups is 2. The maximum atomic E-state index is 14.8. The molecule has 0 aromatic heterocycles. The molecule has 2 saturated carbocycles. The number of carbonyl (C=O) groups excluding carboxylic acids is 2. The van der Waals surface area contributed by atoms with Crippen LogP contribution in [0.2, 0.25) is 0 Å². The van der Waals surface area contributed by atoms with Crippen LogP contribution < -0.4 is 5.32 Å². The van der Waals surface area contributed by atoms with Crippen molar-refractivity contribution in [3.05, 3.63) is 64.7 Å². The predicted molar refractivity (Wildman–Crippen MR) is 126 cm³/mol. The Hall–Kier alpha value is -2.95. The fourth-order valence-corrected chi connectivity index (χ4v) is 6.16. The lowest BCUT2D eigenvalue weighted by molar-refractivity contribution is -0.126. The van der Waals surface area contributed by atoms with Crippen molar-refractivity contribution >= 4 is 21.7 Å². The third-order valence-corrected chi connectivity index (χ3v) is 9.27. The molecule has 4 atom stereocenters. The standard InChI is InChI=1S/C26H26F4N2O4S/c1-2-37(35,36)16-5-3-4-14(8-16)26(34)32-21-9-15(21)10-22(32)25(33)31-23(13-6-7-13)17-11-20(28)18(24(29)30)12-19(17)27/h3-5,8,11-13,15,21-24H,2,6-7,9-10H2,1H3,(H,31,33)/t15-,21-,22-,23?/m1/s1. The summed E-state index contributed by atoms with van der Waals surface area (Å²) in [4.78, 5) is 28.3. The quantitative estimate of drug-likeness (QED) is 0.500. The van der Waals surface area contributed by atoms with Gasteiger partial charge in [0.15, 0.2) is 9.84 Å². The lowest BCUT2D eigenvalue weighted by Crippen LogP contribution is -2.49. The van der Waals surface area contributed by atoms with Gasteiger partial charge in [0.2, 0.25) is 5.91 Å². The molecule has 3 aliphatic rings. The Morgan fingerprint density at radius 3 is 2.38 bits per heavy atom. The third-order valence-electron chi connectivity index (χ3n) is 7.54. The molecule has 0 radical (unpaired) electrons. The Balaban J connectivity index is 1.39. The van der Waals surface area contributed by atoms with Gasteiger partial charge in [-0.25, -0.2) is 26.0 Å². The molecule has 1 unspecified atom stereocenters. The van der Waals surface area contributed by atoms with Crippen LogP contribution in [0.25, 0.3) is 0 Å². The number of benzene rings is 2. The van der Waals surface area contributed by atoms with E-state index in [0.29, 0.717) is 25.3 Å². The van der Waals surface area contributed by atoms with E-state index in [1.807, 2.05) is 0 Å². The van der Waals surface area contributed by atoms with E-state index >= 15 is 0 Å². The minimum atomic E-state index is -3.54. The predicted octanol–water partition coefficient (Wildman–Crippen LogP) is 4.57. The maximum absolute atomic E-state index is 14.8. The summed E-state index contributed by atoms with van der Waals surface area (Å²) in [7, 11) is -3.54. The van der Waals surface area contributed by atoms with Crippen LogP contribution in [0.5, 0.6) is 0 Å². The zero-order chi connectivity index (χ0) is 26.6. The van der Waals surface area contributed by atoms with Gasteiger partial charge in [-0.2, -0.15) is 0 Å². The van der Waals surface area contributed by atoms with Gasteiger partial charge in [-0.05, 0) is 67.9 Å². The van der Waals surface area contributed by atoms with E-state index < -0.39 is 57.4 Å². The summed E-state index contributed by atoms with van der Waals surface area (Å²) in [5, 5.41) is 2.75. The van der Waals surface area contributed by atoms with E-state index in [1.165, 1.54) is 36.1 Å². The number of hydrogen-bond donors (Lipinski definition) is 1. The Morgan fingerprint density at radius 2 is 1.73 bits per heavy atom. The van der Waals surface area contributed by atoms with E-state index in [1.54, 1.807) is 0 Å². The van der Waals surface area contributed by atoms with Crippen molar-refractivity contribution < 1.29 is 35.6 Å². The molecule has 2 aromatic carbocycles. The van der Waals surface area contributed by atoms with Crippen LogP contribution in [0.4, 0.5) is 17.6 Å². The number of hydrogen-bond acceptors (Lipinski definition) is 4. The highest BCUT2D eigenvalue weighted by Crippen LogP contribution is 2.49. The number of amides is 2. The molecule has 1 heterocycles. The van der Waals surface area contributed by atoms with Crippen LogP contribution in [0.15, 0.2) is 41.3 Å². The smallest absolute Gasteiger partial charge is 0.266 e. The van der Waals surface area contributed by atoms with E-state index in [4.69, 9.17) is 0 Å². The number of piperidine rings is 1. The van der Waals surface area contributed by atoms with Gasteiger partial charge in [0.1, 0.15) is 17.7 Å². The van der Waals surface area contributed by atoms with Crippen LogP contribution in [0.3, 0.4) is 0 Å². The number of alkyl halides is 2. The van der Waals surface area contributed by atoms with Crippen LogP contribution in [-0.4, -0.2) is 43.0 Å². The zero-order valence-corrected chi connectivity index (χ0v) is 20.8. The summed E-state index contributed by atoms with van der Waals surface area (Å²) in [6.45, 7) is 1.51. The Morgan fingerprint density at radius 1 is 1.05 bits per heavy atom. The van der Waals surface area contributed by atoms with Gasteiger partial charge in [-0.15, -0.1) is 0 Å². The van der Waals surface area contributed by atoms with Crippen molar-refractivity contribution in [3.8, 4) is 0 Å². The molecule has 0 spiro atoms. The molecule has 11 heteroatoms. The van der Waals surface area contributed by atoms with E-state index in [-0.39, 0.29) is 39.7 Å². The SMILES string of the molecule is CCS(=O)(=O)c1cccc(C(=O)N2[C@@H](C(=O)NC(c3cc(F)c(C(F)F)cc3F)C3CC3)C[C@H]3C[C@H]32)c1. The monoisotopic (exact) mass is 538 g/mol. The molecule has 0 bridgehead atoms. The second kappa shape index (κ2) is 9.41. The minimum Gasteiger partial charge on any atom is -0.347 e. The number of fused-ring (bicyclic) bond motifs is 1. The van der Waals surface area contributed by atoms with Crippen molar-refractivity contribution in [2.75, 3.05) is 5.75 Å².